The highest BCUT2D eigenvalue weighted by Crippen LogP contribution is 2.21. The molecule has 1 fully saturated rings. The molecule has 3 nitrogen and oxygen atoms in total. The van der Waals surface area contributed by atoms with Crippen molar-refractivity contribution in [1.82, 2.24) is 5.32 Å². The summed E-state index contributed by atoms with van der Waals surface area (Å²) >= 11 is 4.91. The molecule has 0 bridgehead atoms. The Balaban J connectivity index is 1.78. The molecule has 110 valence electrons. The van der Waals surface area contributed by atoms with E-state index in [9.17, 15) is 9.90 Å². The molecule has 2 N–H and O–H groups in total. The second-order valence-corrected chi connectivity index (χ2v) is 7.09. The van der Waals surface area contributed by atoms with Crippen molar-refractivity contribution in [3.8, 4) is 0 Å². The molecule has 1 saturated carbocycles. The van der Waals surface area contributed by atoms with Crippen molar-refractivity contribution in [2.24, 2.45) is 0 Å². The van der Waals surface area contributed by atoms with Gasteiger partial charge >= 0.3 is 0 Å². The molecule has 0 saturated heterocycles. The number of hydrogen-bond acceptors (Lipinski definition) is 3. The van der Waals surface area contributed by atoms with Crippen molar-refractivity contribution in [3.05, 3.63) is 28.7 Å². The molecule has 1 aromatic rings. The lowest BCUT2D eigenvalue weighted by Gasteiger charge is -2.21. The predicted octanol–water partition coefficient (Wildman–Crippen LogP) is 3.35. The third kappa shape index (κ3) is 5.11. The Morgan fingerprint density at radius 1 is 1.25 bits per heavy atom. The summed E-state index contributed by atoms with van der Waals surface area (Å²) in [5.74, 6) is 0.397. The van der Waals surface area contributed by atoms with Crippen LogP contribution in [0.2, 0.25) is 0 Å². The fraction of sp³-hybridized carbons (Fsp3) is 0.533. The van der Waals surface area contributed by atoms with Crippen molar-refractivity contribution in [3.63, 3.8) is 0 Å². The largest absolute Gasteiger partial charge is 0.391 e. The summed E-state index contributed by atoms with van der Waals surface area (Å²) in [6.07, 6.45) is 4.58. The molecule has 2 rings (SSSR count). The predicted molar refractivity (Wildman–Crippen MR) is 85.9 cm³/mol. The lowest BCUT2D eigenvalue weighted by molar-refractivity contribution is -0.120. The van der Waals surface area contributed by atoms with Gasteiger partial charge in [-0.15, -0.1) is 11.8 Å². The van der Waals surface area contributed by atoms with E-state index in [1.165, 1.54) is 11.8 Å². The summed E-state index contributed by atoms with van der Waals surface area (Å²) < 4.78 is 1.04. The molecule has 0 aliphatic heterocycles. The Labute approximate surface area is 132 Å². The number of amides is 1. The number of carbonyl (C=O) groups is 1. The van der Waals surface area contributed by atoms with E-state index in [-0.39, 0.29) is 18.1 Å². The minimum absolute atomic E-state index is 0.00358. The zero-order valence-electron chi connectivity index (χ0n) is 11.3. The zero-order chi connectivity index (χ0) is 14.4. The van der Waals surface area contributed by atoms with Crippen LogP contribution in [0.4, 0.5) is 0 Å². The van der Waals surface area contributed by atoms with E-state index in [0.29, 0.717) is 5.75 Å². The minimum atomic E-state index is -0.390. The number of halogens is 1. The van der Waals surface area contributed by atoms with Crippen molar-refractivity contribution >= 4 is 33.6 Å². The number of carbonyl (C=O) groups excluding carboxylic acids is 1. The van der Waals surface area contributed by atoms with Crippen LogP contribution in [0.15, 0.2) is 33.6 Å². The fourth-order valence-electron chi connectivity index (χ4n) is 2.38. The monoisotopic (exact) mass is 357 g/mol. The van der Waals surface area contributed by atoms with Crippen LogP contribution in [0, 0.1) is 0 Å². The smallest absolute Gasteiger partial charge is 0.230 e. The standard InChI is InChI=1S/C15H20BrNO2S/c16-11-6-8-12(9-7-11)20-10-15(19)17-13-4-2-1-3-5-14(13)18/h6-9,13-14,18H,1-5,10H2,(H,17,19). The van der Waals surface area contributed by atoms with Gasteiger partial charge in [-0.05, 0) is 37.1 Å². The SMILES string of the molecule is O=C(CSc1ccc(Br)cc1)NC1CCCCCC1O. The van der Waals surface area contributed by atoms with Crippen LogP contribution in [0.3, 0.4) is 0 Å². The first-order valence-electron chi connectivity index (χ1n) is 7.01. The van der Waals surface area contributed by atoms with Crippen molar-refractivity contribution in [2.75, 3.05) is 5.75 Å². The first-order chi connectivity index (χ1) is 9.65. The quantitative estimate of drug-likeness (QED) is 0.641. The van der Waals surface area contributed by atoms with Gasteiger partial charge in [0.05, 0.1) is 17.9 Å². The Morgan fingerprint density at radius 2 is 1.95 bits per heavy atom. The topological polar surface area (TPSA) is 49.3 Å². The van der Waals surface area contributed by atoms with Crippen LogP contribution in [0.1, 0.15) is 32.1 Å². The molecule has 20 heavy (non-hydrogen) atoms. The third-order valence-corrected chi connectivity index (χ3v) is 5.05. The molecule has 0 spiro atoms. The summed E-state index contributed by atoms with van der Waals surface area (Å²) in [5, 5.41) is 13.0. The molecule has 1 aliphatic carbocycles. The molecule has 2 atom stereocenters. The van der Waals surface area contributed by atoms with Crippen LogP contribution in [-0.4, -0.2) is 28.9 Å². The highest BCUT2D eigenvalue weighted by atomic mass is 79.9. The average Bonchev–Trinajstić information content (AvgIpc) is 2.64. The van der Waals surface area contributed by atoms with Gasteiger partial charge in [0.2, 0.25) is 5.91 Å². The van der Waals surface area contributed by atoms with Gasteiger partial charge in [0.25, 0.3) is 0 Å². The molecule has 0 aromatic heterocycles. The Hall–Kier alpha value is -0.520. The number of aliphatic hydroxyl groups excluding tert-OH is 1. The number of hydrogen-bond donors (Lipinski definition) is 2. The van der Waals surface area contributed by atoms with Gasteiger partial charge in [-0.1, -0.05) is 35.2 Å². The first-order valence-corrected chi connectivity index (χ1v) is 8.79. The van der Waals surface area contributed by atoms with Gasteiger partial charge < -0.3 is 10.4 Å². The minimum Gasteiger partial charge on any atom is -0.391 e. The first kappa shape index (κ1) is 15.9. The highest BCUT2D eigenvalue weighted by molar-refractivity contribution is 9.10. The molecule has 0 heterocycles. The maximum Gasteiger partial charge on any atom is 0.230 e. The molecule has 1 aromatic carbocycles. The molecule has 1 amide bonds. The van der Waals surface area contributed by atoms with Crippen molar-refractivity contribution < 1.29 is 9.90 Å². The second-order valence-electron chi connectivity index (χ2n) is 5.12. The number of thioether (sulfide) groups is 1. The van der Waals surface area contributed by atoms with Gasteiger partial charge in [-0.25, -0.2) is 0 Å². The number of benzene rings is 1. The normalized spacial score (nSPS) is 23.1. The van der Waals surface area contributed by atoms with E-state index >= 15 is 0 Å². The third-order valence-electron chi connectivity index (χ3n) is 3.51. The van der Waals surface area contributed by atoms with Gasteiger partial charge in [0.15, 0.2) is 0 Å². The van der Waals surface area contributed by atoms with Crippen LogP contribution >= 0.6 is 27.7 Å². The Bertz CT molecular complexity index is 438. The van der Waals surface area contributed by atoms with E-state index in [0.717, 1.165) is 41.5 Å². The molecule has 1 aliphatic rings. The van der Waals surface area contributed by atoms with Gasteiger partial charge in [0.1, 0.15) is 0 Å². The van der Waals surface area contributed by atoms with Gasteiger partial charge in [-0.2, -0.15) is 0 Å². The van der Waals surface area contributed by atoms with Crippen molar-refractivity contribution in [1.29, 1.82) is 0 Å². The molecular formula is C15H20BrNO2S. The van der Waals surface area contributed by atoms with Crippen LogP contribution in [0.5, 0.6) is 0 Å². The van der Waals surface area contributed by atoms with E-state index in [1.54, 1.807) is 0 Å². The molecular weight excluding hydrogens is 338 g/mol. The fourth-order valence-corrected chi connectivity index (χ4v) is 3.36. The zero-order valence-corrected chi connectivity index (χ0v) is 13.8. The van der Waals surface area contributed by atoms with E-state index in [4.69, 9.17) is 0 Å². The van der Waals surface area contributed by atoms with E-state index < -0.39 is 0 Å². The molecule has 0 radical (unpaired) electrons. The second kappa shape index (κ2) is 8.05. The Morgan fingerprint density at radius 3 is 2.70 bits per heavy atom. The Kier molecular flexibility index (Phi) is 6.39. The summed E-state index contributed by atoms with van der Waals surface area (Å²) in [7, 11) is 0. The number of nitrogens with one attached hydrogen (secondary N) is 1. The van der Waals surface area contributed by atoms with Gasteiger partial charge in [0, 0.05) is 9.37 Å². The number of aliphatic hydroxyl groups is 1. The summed E-state index contributed by atoms with van der Waals surface area (Å²) in [5.41, 5.74) is 0. The maximum absolute atomic E-state index is 12.0. The van der Waals surface area contributed by atoms with Crippen LogP contribution in [0.25, 0.3) is 0 Å². The van der Waals surface area contributed by atoms with Crippen molar-refractivity contribution in [2.45, 2.75) is 49.1 Å². The van der Waals surface area contributed by atoms with E-state index in [2.05, 4.69) is 21.2 Å². The highest BCUT2D eigenvalue weighted by Gasteiger charge is 2.22. The molecule has 5 heteroatoms. The maximum atomic E-state index is 12.0. The molecule has 2 unspecified atom stereocenters. The summed E-state index contributed by atoms with van der Waals surface area (Å²) in [6.45, 7) is 0. The van der Waals surface area contributed by atoms with Crippen LogP contribution in [-0.2, 0) is 4.79 Å². The van der Waals surface area contributed by atoms with E-state index in [1.807, 2.05) is 24.3 Å². The lowest BCUT2D eigenvalue weighted by atomic mass is 10.1. The summed E-state index contributed by atoms with van der Waals surface area (Å²) in [4.78, 5) is 13.0. The van der Waals surface area contributed by atoms with Gasteiger partial charge in [-0.3, -0.25) is 4.79 Å². The van der Waals surface area contributed by atoms with Crippen LogP contribution < -0.4 is 5.32 Å². The number of rotatable bonds is 4. The average molecular weight is 358 g/mol. The summed E-state index contributed by atoms with van der Waals surface area (Å²) in [6, 6.07) is 7.84. The lowest BCUT2D eigenvalue weighted by Crippen LogP contribution is -2.43.